The van der Waals surface area contributed by atoms with Gasteiger partial charge in [0.05, 0.1) is 15.9 Å². The fourth-order valence-electron chi connectivity index (χ4n) is 2.72. The van der Waals surface area contributed by atoms with E-state index in [9.17, 15) is 12.8 Å². The first-order valence-corrected chi connectivity index (χ1v) is 10.8. The van der Waals surface area contributed by atoms with Crippen LogP contribution in [0, 0.1) is 5.82 Å². The third-order valence-electron chi connectivity index (χ3n) is 4.05. The van der Waals surface area contributed by atoms with Crippen LogP contribution in [0.5, 0.6) is 0 Å². The van der Waals surface area contributed by atoms with Crippen molar-refractivity contribution in [2.75, 3.05) is 10.0 Å². The van der Waals surface area contributed by atoms with E-state index in [0.717, 1.165) is 24.3 Å². The largest absolute Gasteiger partial charge is 0.337 e. The minimum Gasteiger partial charge on any atom is -0.337 e. The van der Waals surface area contributed by atoms with Crippen LogP contribution in [0.2, 0.25) is 10.0 Å². The lowest BCUT2D eigenvalue weighted by Gasteiger charge is -2.14. The van der Waals surface area contributed by atoms with Crippen molar-refractivity contribution in [2.24, 2.45) is 0 Å². The molecule has 0 bridgehead atoms. The van der Waals surface area contributed by atoms with Gasteiger partial charge in [0.25, 0.3) is 10.0 Å². The molecule has 0 unspecified atom stereocenters. The number of sulfonamides is 1. The smallest absolute Gasteiger partial charge is 0.263 e. The second kappa shape index (κ2) is 8.06. The van der Waals surface area contributed by atoms with Crippen molar-refractivity contribution in [3.63, 3.8) is 0 Å². The van der Waals surface area contributed by atoms with E-state index in [4.69, 9.17) is 23.2 Å². The zero-order chi connectivity index (χ0) is 21.3. The molecule has 1 aromatic heterocycles. The molecular formula is C20H13Cl2FN4O2S. The number of para-hydroxylation sites is 2. The summed E-state index contributed by atoms with van der Waals surface area (Å²) in [6.45, 7) is 0. The number of hydrogen-bond acceptors (Lipinski definition) is 5. The monoisotopic (exact) mass is 462 g/mol. The van der Waals surface area contributed by atoms with Gasteiger partial charge in [-0.2, -0.15) is 0 Å². The summed E-state index contributed by atoms with van der Waals surface area (Å²) < 4.78 is 41.2. The van der Waals surface area contributed by atoms with Crippen molar-refractivity contribution in [3.8, 4) is 0 Å². The molecule has 6 nitrogen and oxygen atoms in total. The summed E-state index contributed by atoms with van der Waals surface area (Å²) in [6, 6.07) is 16.3. The molecule has 0 atom stereocenters. The lowest BCUT2D eigenvalue weighted by Crippen LogP contribution is -2.16. The lowest BCUT2D eigenvalue weighted by atomic mass is 10.3. The average molecular weight is 463 g/mol. The van der Waals surface area contributed by atoms with Crippen LogP contribution >= 0.6 is 23.2 Å². The van der Waals surface area contributed by atoms with Gasteiger partial charge in [0.15, 0.2) is 11.6 Å². The van der Waals surface area contributed by atoms with Crippen molar-refractivity contribution in [1.82, 2.24) is 9.97 Å². The first kappa shape index (κ1) is 20.3. The molecule has 0 aliphatic rings. The molecule has 0 saturated carbocycles. The maximum atomic E-state index is 13.2. The van der Waals surface area contributed by atoms with E-state index >= 15 is 0 Å². The van der Waals surface area contributed by atoms with Gasteiger partial charge in [0, 0.05) is 15.7 Å². The predicted octanol–water partition coefficient (Wildman–Crippen LogP) is 5.62. The summed E-state index contributed by atoms with van der Waals surface area (Å²) >= 11 is 12.1. The third-order valence-corrected chi connectivity index (χ3v) is 5.84. The van der Waals surface area contributed by atoms with Crippen molar-refractivity contribution in [2.45, 2.75) is 4.90 Å². The van der Waals surface area contributed by atoms with E-state index in [1.165, 1.54) is 0 Å². The highest BCUT2D eigenvalue weighted by Crippen LogP contribution is 2.30. The van der Waals surface area contributed by atoms with Crippen molar-refractivity contribution < 1.29 is 12.8 Å². The Balaban J connectivity index is 1.79. The van der Waals surface area contributed by atoms with Gasteiger partial charge in [0.2, 0.25) is 0 Å². The van der Waals surface area contributed by atoms with Crippen molar-refractivity contribution in [1.29, 1.82) is 0 Å². The molecule has 152 valence electrons. The zero-order valence-corrected chi connectivity index (χ0v) is 17.4. The number of aromatic nitrogens is 2. The highest BCUT2D eigenvalue weighted by Gasteiger charge is 2.19. The van der Waals surface area contributed by atoms with E-state index in [1.54, 1.807) is 42.5 Å². The molecule has 0 radical (unpaired) electrons. The Morgan fingerprint density at radius 1 is 0.800 bits per heavy atom. The van der Waals surface area contributed by atoms with Crippen LogP contribution in [-0.4, -0.2) is 18.4 Å². The van der Waals surface area contributed by atoms with Gasteiger partial charge in [0.1, 0.15) is 5.82 Å². The van der Waals surface area contributed by atoms with E-state index in [2.05, 4.69) is 20.0 Å². The molecule has 0 aliphatic carbocycles. The molecule has 0 aliphatic heterocycles. The first-order chi connectivity index (χ1) is 14.3. The number of rotatable bonds is 5. The standard InChI is InChI=1S/C20H13Cl2FN4O2S/c21-12-9-13(22)11-15(10-12)24-19-20(26-18-4-2-1-3-17(18)25-19)27-30(28,29)16-7-5-14(23)6-8-16/h1-11H,(H,24,25)(H,26,27). The van der Waals surface area contributed by atoms with E-state index in [-0.39, 0.29) is 16.5 Å². The van der Waals surface area contributed by atoms with Gasteiger partial charge in [-0.05, 0) is 54.6 Å². The van der Waals surface area contributed by atoms with Crippen LogP contribution in [0.1, 0.15) is 0 Å². The van der Waals surface area contributed by atoms with E-state index in [1.807, 2.05) is 0 Å². The number of nitrogens with zero attached hydrogens (tertiary/aromatic N) is 2. The molecule has 1 heterocycles. The summed E-state index contributed by atoms with van der Waals surface area (Å²) in [4.78, 5) is 8.75. The zero-order valence-electron chi connectivity index (χ0n) is 15.1. The Kier molecular flexibility index (Phi) is 5.46. The Labute approximate surface area is 181 Å². The molecule has 0 amide bonds. The number of anilines is 3. The van der Waals surface area contributed by atoms with Crippen LogP contribution in [0.15, 0.2) is 71.6 Å². The minimum atomic E-state index is -4.04. The predicted molar refractivity (Wildman–Crippen MR) is 116 cm³/mol. The molecule has 4 rings (SSSR count). The second-order valence-electron chi connectivity index (χ2n) is 6.25. The Morgan fingerprint density at radius 2 is 1.37 bits per heavy atom. The summed E-state index contributed by atoms with van der Waals surface area (Å²) in [5.74, 6) is -0.425. The molecule has 0 saturated heterocycles. The molecule has 30 heavy (non-hydrogen) atoms. The van der Waals surface area contributed by atoms with Gasteiger partial charge >= 0.3 is 0 Å². The van der Waals surface area contributed by atoms with Gasteiger partial charge in [-0.15, -0.1) is 0 Å². The fraction of sp³-hybridized carbons (Fsp3) is 0. The van der Waals surface area contributed by atoms with Crippen LogP contribution < -0.4 is 10.0 Å². The van der Waals surface area contributed by atoms with Gasteiger partial charge in [-0.25, -0.2) is 22.8 Å². The SMILES string of the molecule is O=S(=O)(Nc1nc2ccccc2nc1Nc1cc(Cl)cc(Cl)c1)c1ccc(F)cc1. The normalized spacial score (nSPS) is 11.4. The van der Waals surface area contributed by atoms with E-state index < -0.39 is 15.8 Å². The first-order valence-electron chi connectivity index (χ1n) is 8.58. The number of halogens is 3. The Morgan fingerprint density at radius 3 is 1.97 bits per heavy atom. The second-order valence-corrected chi connectivity index (χ2v) is 8.81. The highest BCUT2D eigenvalue weighted by molar-refractivity contribution is 7.92. The molecule has 3 aromatic carbocycles. The number of fused-ring (bicyclic) bond motifs is 1. The van der Waals surface area contributed by atoms with Gasteiger partial charge < -0.3 is 5.32 Å². The van der Waals surface area contributed by atoms with Crippen LogP contribution in [0.25, 0.3) is 11.0 Å². The maximum absolute atomic E-state index is 13.2. The van der Waals surface area contributed by atoms with E-state index in [0.29, 0.717) is 26.8 Å². The van der Waals surface area contributed by atoms with Crippen LogP contribution in [0.4, 0.5) is 21.7 Å². The summed E-state index contributed by atoms with van der Waals surface area (Å²) in [5, 5.41) is 3.79. The quantitative estimate of drug-likeness (QED) is 0.402. The summed E-state index contributed by atoms with van der Waals surface area (Å²) in [7, 11) is -4.04. The van der Waals surface area contributed by atoms with Crippen molar-refractivity contribution in [3.05, 3.63) is 82.6 Å². The highest BCUT2D eigenvalue weighted by atomic mass is 35.5. The number of hydrogen-bond donors (Lipinski definition) is 2. The van der Waals surface area contributed by atoms with Crippen LogP contribution in [-0.2, 0) is 10.0 Å². The Bertz CT molecular complexity index is 1330. The fourth-order valence-corrected chi connectivity index (χ4v) is 4.26. The topological polar surface area (TPSA) is 84.0 Å². The molecule has 10 heteroatoms. The average Bonchev–Trinajstić information content (AvgIpc) is 2.68. The number of benzene rings is 3. The summed E-state index contributed by atoms with van der Waals surface area (Å²) in [6.07, 6.45) is 0. The summed E-state index contributed by atoms with van der Waals surface area (Å²) in [5.41, 5.74) is 1.54. The third kappa shape index (κ3) is 4.46. The van der Waals surface area contributed by atoms with Gasteiger partial charge in [-0.3, -0.25) is 4.72 Å². The molecule has 2 N–H and O–H groups in total. The van der Waals surface area contributed by atoms with Gasteiger partial charge in [-0.1, -0.05) is 35.3 Å². The maximum Gasteiger partial charge on any atom is 0.263 e. The lowest BCUT2D eigenvalue weighted by molar-refractivity contribution is 0.599. The Hall–Kier alpha value is -2.94. The van der Waals surface area contributed by atoms with Crippen molar-refractivity contribution >= 4 is 61.6 Å². The molecular weight excluding hydrogens is 450 g/mol. The molecule has 0 spiro atoms. The number of nitrogens with one attached hydrogen (secondary N) is 2. The minimum absolute atomic E-state index is 0.0332. The van der Waals surface area contributed by atoms with Crippen LogP contribution in [0.3, 0.4) is 0 Å². The molecule has 0 fully saturated rings. The molecule has 4 aromatic rings.